The number of H-pyrrole nitrogens is 1. The van der Waals surface area contributed by atoms with Crippen molar-refractivity contribution >= 4 is 22.7 Å². The van der Waals surface area contributed by atoms with Crippen LogP contribution in [0.5, 0.6) is 0 Å². The minimum Gasteiger partial charge on any atom is -0.356 e. The molecule has 3 heterocycles. The van der Waals surface area contributed by atoms with Gasteiger partial charge in [0.15, 0.2) is 0 Å². The van der Waals surface area contributed by atoms with E-state index in [1.807, 2.05) is 11.0 Å². The summed E-state index contributed by atoms with van der Waals surface area (Å²) in [6.07, 6.45) is 6.62. The second-order valence-corrected chi connectivity index (χ2v) is 8.12. The number of carbonyl (C=O) groups excluding carboxylic acids is 2. The topological polar surface area (TPSA) is 56.4 Å². The Morgan fingerprint density at radius 1 is 1.08 bits per heavy atom. The van der Waals surface area contributed by atoms with Crippen LogP contribution in [0.15, 0.2) is 24.3 Å². The number of carbonyl (C=O) groups is 2. The van der Waals surface area contributed by atoms with Crippen molar-refractivity contribution in [3.63, 3.8) is 0 Å². The van der Waals surface area contributed by atoms with Crippen LogP contribution in [0, 0.1) is 5.92 Å². The summed E-state index contributed by atoms with van der Waals surface area (Å²) in [6.45, 7) is 0.202. The van der Waals surface area contributed by atoms with Crippen LogP contribution in [-0.4, -0.2) is 46.2 Å². The van der Waals surface area contributed by atoms with Gasteiger partial charge in [0.2, 0.25) is 11.8 Å². The molecule has 136 valence electrons. The molecular weight excluding hydrogens is 326 g/mol. The molecule has 1 aromatic carbocycles. The normalized spacial score (nSPS) is 27.0. The lowest BCUT2D eigenvalue weighted by Gasteiger charge is -2.49. The zero-order chi connectivity index (χ0) is 17.8. The molecule has 5 nitrogen and oxygen atoms in total. The minimum absolute atomic E-state index is 0.0154. The van der Waals surface area contributed by atoms with Gasteiger partial charge in [0.1, 0.15) is 6.04 Å². The van der Waals surface area contributed by atoms with Crippen molar-refractivity contribution in [2.45, 2.75) is 50.6 Å². The number of benzene rings is 1. The molecule has 2 aromatic rings. The molecule has 0 radical (unpaired) electrons. The number of likely N-dealkylation sites (N-methyl/N-ethyl adjacent to an activating group) is 1. The van der Waals surface area contributed by atoms with Crippen LogP contribution in [0.3, 0.4) is 0 Å². The number of aromatic nitrogens is 1. The first kappa shape index (κ1) is 15.9. The molecule has 1 aliphatic carbocycles. The second kappa shape index (κ2) is 5.86. The molecular formula is C21H25N3O2. The molecule has 0 spiro atoms. The summed E-state index contributed by atoms with van der Waals surface area (Å²) in [5.74, 6) is 0.622. The lowest BCUT2D eigenvalue weighted by molar-refractivity contribution is -0.160. The maximum atomic E-state index is 13.0. The zero-order valence-electron chi connectivity index (χ0n) is 15.2. The van der Waals surface area contributed by atoms with E-state index in [2.05, 4.69) is 23.2 Å². The van der Waals surface area contributed by atoms with E-state index in [4.69, 9.17) is 0 Å². The van der Waals surface area contributed by atoms with Crippen LogP contribution in [0.1, 0.15) is 49.4 Å². The highest BCUT2D eigenvalue weighted by Crippen LogP contribution is 2.46. The van der Waals surface area contributed by atoms with Gasteiger partial charge >= 0.3 is 0 Å². The van der Waals surface area contributed by atoms with Crippen molar-refractivity contribution in [2.75, 3.05) is 13.6 Å². The molecule has 1 saturated heterocycles. The fourth-order valence-corrected chi connectivity index (χ4v) is 5.38. The molecule has 1 saturated carbocycles. The number of nitrogens with zero attached hydrogens (tertiary/aromatic N) is 2. The fourth-order valence-electron chi connectivity index (χ4n) is 5.38. The molecule has 2 atom stereocenters. The van der Waals surface area contributed by atoms with Gasteiger partial charge < -0.3 is 14.8 Å². The van der Waals surface area contributed by atoms with Crippen LogP contribution < -0.4 is 0 Å². The fraction of sp³-hybridized carbons (Fsp3) is 0.524. The van der Waals surface area contributed by atoms with E-state index in [9.17, 15) is 9.59 Å². The third-order valence-electron chi connectivity index (χ3n) is 6.59. The third-order valence-corrected chi connectivity index (χ3v) is 6.59. The minimum atomic E-state index is -0.347. The number of aromatic amines is 1. The van der Waals surface area contributed by atoms with Gasteiger partial charge in [-0.3, -0.25) is 9.59 Å². The van der Waals surface area contributed by atoms with Crippen molar-refractivity contribution in [3.8, 4) is 0 Å². The van der Waals surface area contributed by atoms with Gasteiger partial charge in [0.25, 0.3) is 0 Å². The summed E-state index contributed by atoms with van der Waals surface area (Å²) < 4.78 is 0. The van der Waals surface area contributed by atoms with E-state index in [1.165, 1.54) is 35.9 Å². The first-order valence-electron chi connectivity index (χ1n) is 9.81. The van der Waals surface area contributed by atoms with E-state index >= 15 is 0 Å². The Balaban J connectivity index is 1.69. The Kier molecular flexibility index (Phi) is 3.59. The number of rotatable bonds is 1. The molecule has 5 heteroatoms. The maximum absolute atomic E-state index is 13.0. The Labute approximate surface area is 153 Å². The quantitative estimate of drug-likeness (QED) is 0.859. The van der Waals surface area contributed by atoms with Crippen molar-refractivity contribution in [1.29, 1.82) is 0 Å². The Morgan fingerprint density at radius 3 is 2.65 bits per heavy atom. The van der Waals surface area contributed by atoms with E-state index in [0.717, 1.165) is 18.4 Å². The highest BCUT2D eigenvalue weighted by molar-refractivity contribution is 5.97. The lowest BCUT2D eigenvalue weighted by atomic mass is 9.77. The van der Waals surface area contributed by atoms with Crippen LogP contribution in [0.2, 0.25) is 0 Å². The molecule has 1 aromatic heterocycles. The first-order valence-corrected chi connectivity index (χ1v) is 9.81. The lowest BCUT2D eigenvalue weighted by Crippen LogP contribution is -2.62. The smallest absolute Gasteiger partial charge is 0.245 e. The summed E-state index contributed by atoms with van der Waals surface area (Å²) in [5, 5.41) is 1.21. The summed E-state index contributed by atoms with van der Waals surface area (Å²) in [4.78, 5) is 33.1. The third kappa shape index (κ3) is 2.22. The molecule has 2 fully saturated rings. The largest absolute Gasteiger partial charge is 0.356 e. The predicted octanol–water partition coefficient (Wildman–Crippen LogP) is 3.01. The number of para-hydroxylation sites is 1. The Hall–Kier alpha value is -2.30. The molecule has 2 unspecified atom stereocenters. The van der Waals surface area contributed by atoms with Crippen LogP contribution >= 0.6 is 0 Å². The van der Waals surface area contributed by atoms with Gasteiger partial charge in [-0.2, -0.15) is 0 Å². The number of amides is 2. The second-order valence-electron chi connectivity index (χ2n) is 8.12. The first-order chi connectivity index (χ1) is 12.6. The van der Waals surface area contributed by atoms with Crippen molar-refractivity contribution in [2.24, 2.45) is 5.92 Å². The molecule has 2 amide bonds. The molecule has 2 aliphatic heterocycles. The van der Waals surface area contributed by atoms with Crippen LogP contribution in [0.4, 0.5) is 0 Å². The number of nitrogens with one attached hydrogen (secondary N) is 1. The van der Waals surface area contributed by atoms with Gasteiger partial charge in [-0.25, -0.2) is 0 Å². The molecule has 1 N–H and O–H groups in total. The number of hydrogen-bond donors (Lipinski definition) is 1. The molecule has 5 rings (SSSR count). The maximum Gasteiger partial charge on any atom is 0.245 e. The zero-order valence-corrected chi connectivity index (χ0v) is 15.2. The summed E-state index contributed by atoms with van der Waals surface area (Å²) >= 11 is 0. The standard InChI is InChI=1S/C21H25N3O2/c1-23-12-18(25)24-17(21(23)26)11-15-14-9-5-6-10-16(14)22-19(15)20(24)13-7-3-2-4-8-13/h5-6,9-10,13,17,20,22H,2-4,7-8,11-12H2,1H3. The highest BCUT2D eigenvalue weighted by Gasteiger charge is 2.49. The Morgan fingerprint density at radius 2 is 1.85 bits per heavy atom. The van der Waals surface area contributed by atoms with Gasteiger partial charge in [-0.15, -0.1) is 0 Å². The molecule has 0 bridgehead atoms. The van der Waals surface area contributed by atoms with E-state index < -0.39 is 0 Å². The van der Waals surface area contributed by atoms with Gasteiger partial charge in [0, 0.05) is 30.1 Å². The highest BCUT2D eigenvalue weighted by atomic mass is 16.2. The van der Waals surface area contributed by atoms with Gasteiger partial charge in [-0.05, 0) is 30.4 Å². The van der Waals surface area contributed by atoms with Crippen molar-refractivity contribution < 1.29 is 9.59 Å². The number of hydrogen-bond acceptors (Lipinski definition) is 2. The van der Waals surface area contributed by atoms with Gasteiger partial charge in [0.05, 0.1) is 12.6 Å². The predicted molar refractivity (Wildman–Crippen MR) is 99.6 cm³/mol. The summed E-state index contributed by atoms with van der Waals surface area (Å²) in [7, 11) is 1.75. The Bertz CT molecular complexity index is 881. The van der Waals surface area contributed by atoms with Gasteiger partial charge in [-0.1, -0.05) is 37.5 Å². The average molecular weight is 351 g/mol. The van der Waals surface area contributed by atoms with E-state index in [1.54, 1.807) is 11.9 Å². The number of piperazine rings is 1. The average Bonchev–Trinajstić information content (AvgIpc) is 3.03. The van der Waals surface area contributed by atoms with E-state index in [-0.39, 0.29) is 30.4 Å². The van der Waals surface area contributed by atoms with Crippen LogP contribution in [0.25, 0.3) is 10.9 Å². The summed E-state index contributed by atoms with van der Waals surface area (Å²) in [6, 6.07) is 7.99. The van der Waals surface area contributed by atoms with Crippen molar-refractivity contribution in [1.82, 2.24) is 14.8 Å². The summed E-state index contributed by atoms with van der Waals surface area (Å²) in [5.41, 5.74) is 3.54. The number of fused-ring (bicyclic) bond motifs is 4. The van der Waals surface area contributed by atoms with Crippen molar-refractivity contribution in [3.05, 3.63) is 35.5 Å². The van der Waals surface area contributed by atoms with E-state index in [0.29, 0.717) is 12.3 Å². The monoisotopic (exact) mass is 351 g/mol. The molecule has 26 heavy (non-hydrogen) atoms. The molecule has 3 aliphatic rings. The van der Waals surface area contributed by atoms with Crippen LogP contribution in [-0.2, 0) is 16.0 Å². The SMILES string of the molecule is CN1CC(=O)N2C(Cc3c([nH]c4ccccc34)C2C2CCCCC2)C1=O.